The molecule has 0 radical (unpaired) electrons. The fraction of sp³-hybridized carbons (Fsp3) is 0.167. The minimum Gasteiger partial charge on any atom is -0.363 e. The van der Waals surface area contributed by atoms with Crippen LogP contribution in [0.2, 0.25) is 0 Å². The van der Waals surface area contributed by atoms with Crippen molar-refractivity contribution in [1.82, 2.24) is 4.98 Å². The van der Waals surface area contributed by atoms with Gasteiger partial charge in [-0.3, -0.25) is 4.79 Å². The van der Waals surface area contributed by atoms with Crippen molar-refractivity contribution in [2.24, 2.45) is 0 Å². The second kappa shape index (κ2) is 3.21. The van der Waals surface area contributed by atoms with Crippen LogP contribution >= 0.6 is 45.2 Å². The Morgan fingerprint density at radius 2 is 2.10 bits per heavy atom. The van der Waals surface area contributed by atoms with E-state index in [0.29, 0.717) is 0 Å². The van der Waals surface area contributed by atoms with Crippen molar-refractivity contribution < 1.29 is 0 Å². The van der Waals surface area contributed by atoms with Gasteiger partial charge in [0.25, 0.3) is 0 Å². The van der Waals surface area contributed by atoms with Crippen molar-refractivity contribution in [2.75, 3.05) is 0 Å². The van der Waals surface area contributed by atoms with E-state index in [0.717, 1.165) is 12.8 Å². The largest absolute Gasteiger partial charge is 0.363 e. The summed E-state index contributed by atoms with van der Waals surface area (Å²) in [6, 6.07) is 0. The summed E-state index contributed by atoms with van der Waals surface area (Å²) in [7, 11) is 0. The van der Waals surface area contributed by atoms with E-state index in [9.17, 15) is 4.79 Å². The zero-order valence-corrected chi connectivity index (χ0v) is 9.56. The Labute approximate surface area is 85.7 Å². The summed E-state index contributed by atoms with van der Waals surface area (Å²) < 4.78 is 1.53. The predicted molar refractivity (Wildman–Crippen MR) is 57.2 cm³/mol. The monoisotopic (exact) mass is 361 g/mol. The van der Waals surface area contributed by atoms with E-state index in [1.54, 1.807) is 6.20 Å². The molecule has 0 aliphatic rings. The van der Waals surface area contributed by atoms with Crippen molar-refractivity contribution in [1.29, 1.82) is 0 Å². The summed E-state index contributed by atoms with van der Waals surface area (Å²) in [6.07, 6.45) is 1.72. The van der Waals surface area contributed by atoms with Crippen LogP contribution in [0.25, 0.3) is 0 Å². The summed E-state index contributed by atoms with van der Waals surface area (Å²) in [5.41, 5.74) is 1.06. The summed E-state index contributed by atoms with van der Waals surface area (Å²) in [4.78, 5) is 14.1. The van der Waals surface area contributed by atoms with E-state index in [1.807, 2.05) is 52.1 Å². The third-order valence-electron chi connectivity index (χ3n) is 1.16. The second-order valence-electron chi connectivity index (χ2n) is 1.90. The Morgan fingerprint density at radius 1 is 1.50 bits per heavy atom. The van der Waals surface area contributed by atoms with E-state index >= 15 is 0 Å². The number of halogens is 2. The van der Waals surface area contributed by atoms with Crippen molar-refractivity contribution in [3.63, 3.8) is 0 Å². The van der Waals surface area contributed by atoms with Gasteiger partial charge < -0.3 is 4.98 Å². The normalized spacial score (nSPS) is 9.90. The molecule has 0 aliphatic carbocycles. The number of pyridine rings is 1. The molecular formula is C6H5I2NO. The fourth-order valence-electron chi connectivity index (χ4n) is 0.576. The standard InChI is InChI=1S/C6H5I2NO/c1-3-5(8)6(10)4(7)2-9-3/h2H,1H3,(H,9,10). The maximum absolute atomic E-state index is 11.2. The van der Waals surface area contributed by atoms with Gasteiger partial charge in [0.1, 0.15) is 0 Å². The number of hydrogen-bond donors (Lipinski definition) is 1. The van der Waals surface area contributed by atoms with Crippen LogP contribution in [0.1, 0.15) is 5.69 Å². The van der Waals surface area contributed by atoms with E-state index < -0.39 is 0 Å². The molecule has 2 nitrogen and oxygen atoms in total. The van der Waals surface area contributed by atoms with Crippen molar-refractivity contribution >= 4 is 45.2 Å². The van der Waals surface area contributed by atoms with Gasteiger partial charge in [-0.1, -0.05) is 0 Å². The number of aromatic nitrogens is 1. The Balaban J connectivity index is 3.50. The van der Waals surface area contributed by atoms with Crippen LogP contribution in [0.3, 0.4) is 0 Å². The molecular weight excluding hydrogens is 356 g/mol. The fourth-order valence-corrected chi connectivity index (χ4v) is 1.96. The van der Waals surface area contributed by atoms with Gasteiger partial charge in [0, 0.05) is 11.9 Å². The van der Waals surface area contributed by atoms with E-state index in [2.05, 4.69) is 4.98 Å². The number of aryl methyl sites for hydroxylation is 1. The van der Waals surface area contributed by atoms with Gasteiger partial charge >= 0.3 is 0 Å². The molecule has 54 valence electrons. The Morgan fingerprint density at radius 3 is 2.60 bits per heavy atom. The number of rotatable bonds is 0. The molecule has 0 unspecified atom stereocenters. The molecule has 0 saturated heterocycles. The van der Waals surface area contributed by atoms with Crippen molar-refractivity contribution in [3.05, 3.63) is 29.3 Å². The first-order valence-electron chi connectivity index (χ1n) is 2.66. The Hall–Kier alpha value is 0.410. The lowest BCUT2D eigenvalue weighted by Crippen LogP contribution is -2.11. The number of H-pyrrole nitrogens is 1. The van der Waals surface area contributed by atoms with Crippen LogP contribution in [0.4, 0.5) is 0 Å². The molecule has 0 aromatic carbocycles. The second-order valence-corrected chi connectivity index (χ2v) is 4.15. The third-order valence-corrected chi connectivity index (χ3v) is 3.26. The zero-order chi connectivity index (χ0) is 7.72. The maximum atomic E-state index is 11.2. The first-order chi connectivity index (χ1) is 4.63. The highest BCUT2D eigenvalue weighted by Gasteiger charge is 2.01. The summed E-state index contributed by atoms with van der Waals surface area (Å²) in [6.45, 7) is 1.89. The van der Waals surface area contributed by atoms with Gasteiger partial charge in [-0.15, -0.1) is 0 Å². The molecule has 0 spiro atoms. The molecule has 0 fully saturated rings. The van der Waals surface area contributed by atoms with Crippen LogP contribution in [0, 0.1) is 14.1 Å². The highest BCUT2D eigenvalue weighted by Crippen LogP contribution is 2.04. The highest BCUT2D eigenvalue weighted by molar-refractivity contribution is 14.1. The van der Waals surface area contributed by atoms with E-state index in [1.165, 1.54) is 0 Å². The molecule has 4 heteroatoms. The highest BCUT2D eigenvalue weighted by atomic mass is 127. The van der Waals surface area contributed by atoms with Gasteiger partial charge in [0.05, 0.1) is 7.14 Å². The summed E-state index contributed by atoms with van der Waals surface area (Å²) in [5.74, 6) is 0. The Bertz CT molecular complexity index is 305. The van der Waals surface area contributed by atoms with Crippen LogP contribution < -0.4 is 5.43 Å². The SMILES string of the molecule is Cc1[nH]cc(I)c(=O)c1I. The molecule has 1 heterocycles. The van der Waals surface area contributed by atoms with Gasteiger partial charge in [-0.2, -0.15) is 0 Å². The van der Waals surface area contributed by atoms with Crippen LogP contribution in [0.15, 0.2) is 11.0 Å². The smallest absolute Gasteiger partial charge is 0.208 e. The molecule has 10 heavy (non-hydrogen) atoms. The average Bonchev–Trinajstić information content (AvgIpc) is 1.93. The molecule has 0 atom stereocenters. The molecule has 0 bridgehead atoms. The lowest BCUT2D eigenvalue weighted by molar-refractivity contribution is 1.14. The van der Waals surface area contributed by atoms with Gasteiger partial charge in [0.2, 0.25) is 5.43 Å². The topological polar surface area (TPSA) is 32.9 Å². The third kappa shape index (κ3) is 1.52. The number of hydrogen-bond acceptors (Lipinski definition) is 1. The van der Waals surface area contributed by atoms with Crippen molar-refractivity contribution in [2.45, 2.75) is 6.92 Å². The lowest BCUT2D eigenvalue weighted by atomic mass is 10.4. The van der Waals surface area contributed by atoms with Gasteiger partial charge in [-0.05, 0) is 52.1 Å². The van der Waals surface area contributed by atoms with Gasteiger partial charge in [0.15, 0.2) is 0 Å². The van der Waals surface area contributed by atoms with E-state index in [4.69, 9.17) is 0 Å². The molecule has 0 saturated carbocycles. The van der Waals surface area contributed by atoms with Gasteiger partial charge in [-0.25, -0.2) is 0 Å². The quantitative estimate of drug-likeness (QED) is 0.704. The molecule has 0 amide bonds. The molecule has 1 rings (SSSR count). The van der Waals surface area contributed by atoms with E-state index in [-0.39, 0.29) is 5.43 Å². The molecule has 1 aromatic heterocycles. The molecule has 1 aromatic rings. The zero-order valence-electron chi connectivity index (χ0n) is 5.24. The first kappa shape index (κ1) is 8.51. The number of nitrogens with one attached hydrogen (secondary N) is 1. The summed E-state index contributed by atoms with van der Waals surface area (Å²) in [5, 5.41) is 0. The molecule has 1 N–H and O–H groups in total. The van der Waals surface area contributed by atoms with Crippen LogP contribution in [0.5, 0.6) is 0 Å². The average molecular weight is 361 g/mol. The summed E-state index contributed by atoms with van der Waals surface area (Å²) >= 11 is 4.06. The van der Waals surface area contributed by atoms with Crippen LogP contribution in [-0.2, 0) is 0 Å². The van der Waals surface area contributed by atoms with Crippen molar-refractivity contribution in [3.8, 4) is 0 Å². The first-order valence-corrected chi connectivity index (χ1v) is 4.82. The van der Waals surface area contributed by atoms with Crippen LogP contribution in [-0.4, -0.2) is 4.98 Å². The minimum absolute atomic E-state index is 0.123. The maximum Gasteiger partial charge on any atom is 0.208 e. The molecule has 0 aliphatic heterocycles. The number of aromatic amines is 1. The minimum atomic E-state index is 0.123. The predicted octanol–water partition coefficient (Wildman–Crippen LogP) is 1.89. The lowest BCUT2D eigenvalue weighted by Gasteiger charge is -1.95. The Kier molecular flexibility index (Phi) is 2.73.